The molecule has 0 aromatic heterocycles. The van der Waals surface area contributed by atoms with Crippen molar-refractivity contribution in [3.8, 4) is 0 Å². The van der Waals surface area contributed by atoms with Crippen molar-refractivity contribution in [2.75, 3.05) is 19.6 Å². The number of rotatable bonds is 5. The van der Waals surface area contributed by atoms with Crippen LogP contribution < -0.4 is 5.73 Å². The largest absolute Gasteiger partial charge is 0.375 e. The first-order chi connectivity index (χ1) is 11.7. The van der Waals surface area contributed by atoms with Crippen molar-refractivity contribution < 1.29 is 9.90 Å². The van der Waals surface area contributed by atoms with Crippen LogP contribution >= 0.6 is 0 Å². The molecule has 4 heteroatoms. The predicted molar refractivity (Wildman–Crippen MR) is 95.3 cm³/mol. The lowest BCUT2D eigenvalue weighted by atomic mass is 9.78. The second-order valence-electron chi connectivity index (χ2n) is 7.43. The van der Waals surface area contributed by atoms with Crippen LogP contribution in [0, 0.1) is 11.8 Å². The van der Waals surface area contributed by atoms with Gasteiger partial charge in [0.05, 0.1) is 0 Å². The molecule has 1 atom stereocenters. The zero-order valence-corrected chi connectivity index (χ0v) is 14.5. The Morgan fingerprint density at radius 2 is 1.75 bits per heavy atom. The second-order valence-corrected chi connectivity index (χ2v) is 7.43. The lowest BCUT2D eigenvalue weighted by Gasteiger charge is -2.40. The van der Waals surface area contributed by atoms with E-state index in [2.05, 4.69) is 0 Å². The number of amides is 1. The van der Waals surface area contributed by atoms with Gasteiger partial charge in [0.15, 0.2) is 5.60 Å². The number of carbonyl (C=O) groups excluding carboxylic acids is 1. The van der Waals surface area contributed by atoms with Crippen LogP contribution in [0.2, 0.25) is 0 Å². The van der Waals surface area contributed by atoms with Crippen LogP contribution in [0.5, 0.6) is 0 Å². The van der Waals surface area contributed by atoms with Gasteiger partial charge in [0, 0.05) is 19.0 Å². The summed E-state index contributed by atoms with van der Waals surface area (Å²) in [6.07, 6.45) is 7.10. The van der Waals surface area contributed by atoms with Gasteiger partial charge in [-0.1, -0.05) is 43.2 Å². The van der Waals surface area contributed by atoms with Crippen LogP contribution in [0.4, 0.5) is 0 Å². The number of benzene rings is 1. The first-order valence-electron chi connectivity index (χ1n) is 9.43. The summed E-state index contributed by atoms with van der Waals surface area (Å²) >= 11 is 0. The van der Waals surface area contributed by atoms with E-state index in [0.717, 1.165) is 63.6 Å². The van der Waals surface area contributed by atoms with Crippen molar-refractivity contribution in [1.82, 2.24) is 4.90 Å². The maximum Gasteiger partial charge on any atom is 0.259 e. The summed E-state index contributed by atoms with van der Waals surface area (Å²) in [5.74, 6) is 0.566. The predicted octanol–water partition coefficient (Wildman–Crippen LogP) is 2.65. The molecule has 1 saturated heterocycles. The van der Waals surface area contributed by atoms with Gasteiger partial charge < -0.3 is 15.7 Å². The highest BCUT2D eigenvalue weighted by Gasteiger charge is 2.48. The smallest absolute Gasteiger partial charge is 0.259 e. The summed E-state index contributed by atoms with van der Waals surface area (Å²) < 4.78 is 0. The van der Waals surface area contributed by atoms with Crippen molar-refractivity contribution in [2.45, 2.75) is 50.5 Å². The van der Waals surface area contributed by atoms with Crippen LogP contribution in [-0.2, 0) is 10.4 Å². The van der Waals surface area contributed by atoms with Crippen molar-refractivity contribution in [2.24, 2.45) is 17.6 Å². The van der Waals surface area contributed by atoms with E-state index < -0.39 is 5.60 Å². The normalized spacial score (nSPS) is 22.5. The zero-order valence-electron chi connectivity index (χ0n) is 14.5. The molecule has 1 heterocycles. The van der Waals surface area contributed by atoms with E-state index >= 15 is 0 Å². The molecule has 1 aromatic rings. The molecule has 4 nitrogen and oxygen atoms in total. The Labute approximate surface area is 145 Å². The third-order valence-electron chi connectivity index (χ3n) is 5.96. The summed E-state index contributed by atoms with van der Waals surface area (Å²) in [6.45, 7) is 2.20. The van der Waals surface area contributed by atoms with Crippen molar-refractivity contribution >= 4 is 5.91 Å². The first kappa shape index (κ1) is 17.4. The minimum absolute atomic E-state index is 0.0363. The first-order valence-corrected chi connectivity index (χ1v) is 9.43. The topological polar surface area (TPSA) is 66.6 Å². The maximum atomic E-state index is 13.3. The van der Waals surface area contributed by atoms with Crippen molar-refractivity contribution in [1.29, 1.82) is 0 Å². The number of carbonyl (C=O) groups is 1. The molecule has 0 unspecified atom stereocenters. The average Bonchev–Trinajstić information content (AvgIpc) is 3.17. The Balaban J connectivity index is 1.80. The van der Waals surface area contributed by atoms with Crippen molar-refractivity contribution in [3.05, 3.63) is 35.9 Å². The highest BCUT2D eigenvalue weighted by molar-refractivity contribution is 5.87. The van der Waals surface area contributed by atoms with Gasteiger partial charge in [0.25, 0.3) is 5.91 Å². The molecule has 24 heavy (non-hydrogen) atoms. The Morgan fingerprint density at radius 3 is 2.33 bits per heavy atom. The molecule has 0 radical (unpaired) electrons. The van der Waals surface area contributed by atoms with Gasteiger partial charge in [-0.15, -0.1) is 0 Å². The monoisotopic (exact) mass is 330 g/mol. The SMILES string of the molecule is NCCC1CCN(C(=O)[C@](O)(c2ccccc2)C2CCCC2)CC1. The molecule has 0 spiro atoms. The number of hydrogen-bond donors (Lipinski definition) is 2. The van der Waals surface area contributed by atoms with Gasteiger partial charge in [-0.25, -0.2) is 0 Å². The molecule has 3 N–H and O–H groups in total. The van der Waals surface area contributed by atoms with E-state index in [-0.39, 0.29) is 11.8 Å². The fraction of sp³-hybridized carbons (Fsp3) is 0.650. The molecular weight excluding hydrogens is 300 g/mol. The Bertz CT molecular complexity index is 534. The van der Waals surface area contributed by atoms with Gasteiger partial charge in [-0.2, -0.15) is 0 Å². The third kappa shape index (κ3) is 3.35. The number of nitrogens with zero attached hydrogens (tertiary/aromatic N) is 1. The van der Waals surface area contributed by atoms with Gasteiger partial charge >= 0.3 is 0 Å². The average molecular weight is 330 g/mol. The minimum Gasteiger partial charge on any atom is -0.375 e. The van der Waals surface area contributed by atoms with Gasteiger partial charge in [-0.3, -0.25) is 4.79 Å². The fourth-order valence-electron chi connectivity index (χ4n) is 4.47. The summed E-state index contributed by atoms with van der Waals surface area (Å²) in [6, 6.07) is 9.56. The van der Waals surface area contributed by atoms with Crippen LogP contribution in [-0.4, -0.2) is 35.5 Å². The van der Waals surface area contributed by atoms with Gasteiger partial charge in [-0.05, 0) is 50.1 Å². The molecular formula is C20H30N2O2. The molecule has 3 rings (SSSR count). The summed E-state index contributed by atoms with van der Waals surface area (Å²) in [7, 11) is 0. The van der Waals surface area contributed by atoms with E-state index in [1.54, 1.807) is 0 Å². The quantitative estimate of drug-likeness (QED) is 0.872. The lowest BCUT2D eigenvalue weighted by molar-refractivity contribution is -0.160. The highest BCUT2D eigenvalue weighted by Crippen LogP contribution is 2.42. The molecule has 2 aliphatic rings. The number of nitrogens with two attached hydrogens (primary N) is 1. The molecule has 1 saturated carbocycles. The number of piperidine rings is 1. The Kier molecular flexibility index (Phi) is 5.57. The van der Waals surface area contributed by atoms with E-state index in [1.165, 1.54) is 0 Å². The molecule has 1 aromatic carbocycles. The van der Waals surface area contributed by atoms with Crippen LogP contribution in [0.15, 0.2) is 30.3 Å². The minimum atomic E-state index is -1.36. The van der Waals surface area contributed by atoms with E-state index in [1.807, 2.05) is 35.2 Å². The molecule has 0 bridgehead atoms. The third-order valence-corrected chi connectivity index (χ3v) is 5.96. The molecule has 1 amide bonds. The molecule has 1 aliphatic carbocycles. The lowest BCUT2D eigenvalue weighted by Crippen LogP contribution is -2.53. The standard InChI is InChI=1S/C20H30N2O2/c21-13-10-16-11-14-22(15-12-16)19(23)20(24,18-8-4-5-9-18)17-6-2-1-3-7-17/h1-3,6-7,16,18,24H,4-5,8-15,21H2/t20-/m0/s1. The molecule has 2 fully saturated rings. The van der Waals surface area contributed by atoms with E-state index in [9.17, 15) is 9.90 Å². The number of aliphatic hydroxyl groups is 1. The Hall–Kier alpha value is -1.39. The zero-order chi connectivity index (χ0) is 17.0. The summed E-state index contributed by atoms with van der Waals surface area (Å²) in [5, 5.41) is 11.6. The molecule has 132 valence electrons. The number of hydrogen-bond acceptors (Lipinski definition) is 3. The van der Waals surface area contributed by atoms with Crippen molar-refractivity contribution in [3.63, 3.8) is 0 Å². The second kappa shape index (κ2) is 7.66. The fourth-order valence-corrected chi connectivity index (χ4v) is 4.47. The van der Waals surface area contributed by atoms with Crippen LogP contribution in [0.3, 0.4) is 0 Å². The van der Waals surface area contributed by atoms with Gasteiger partial charge in [0.2, 0.25) is 0 Å². The van der Waals surface area contributed by atoms with E-state index in [4.69, 9.17) is 5.73 Å². The highest BCUT2D eigenvalue weighted by atomic mass is 16.3. The Morgan fingerprint density at radius 1 is 1.12 bits per heavy atom. The summed E-state index contributed by atoms with van der Waals surface area (Å²) in [5.41, 5.74) is 5.05. The number of likely N-dealkylation sites (tertiary alicyclic amines) is 1. The summed E-state index contributed by atoms with van der Waals surface area (Å²) in [4.78, 5) is 15.2. The van der Waals surface area contributed by atoms with Gasteiger partial charge in [0.1, 0.15) is 0 Å². The van der Waals surface area contributed by atoms with E-state index in [0.29, 0.717) is 12.5 Å². The van der Waals surface area contributed by atoms with Crippen LogP contribution in [0.1, 0.15) is 50.5 Å². The molecule has 1 aliphatic heterocycles. The maximum absolute atomic E-state index is 13.3. The van der Waals surface area contributed by atoms with Crippen LogP contribution in [0.25, 0.3) is 0 Å².